The maximum absolute atomic E-state index is 12.5. The van der Waals surface area contributed by atoms with Crippen molar-refractivity contribution >= 4 is 38.6 Å². The number of nitrogens with zero attached hydrogens (tertiary/aromatic N) is 1. The van der Waals surface area contributed by atoms with E-state index in [2.05, 4.69) is 26.2 Å². The molecule has 132 valence electrons. The SMILES string of the molecule is O=C(C[C@H]1CCc2cc(Br)cc3[nH]c(=O)c(=O)n1c23)Nc1ccccc1. The van der Waals surface area contributed by atoms with Gasteiger partial charge in [0.15, 0.2) is 0 Å². The molecule has 3 aromatic rings. The van der Waals surface area contributed by atoms with Crippen LogP contribution in [-0.2, 0) is 11.2 Å². The van der Waals surface area contributed by atoms with Gasteiger partial charge >= 0.3 is 11.1 Å². The van der Waals surface area contributed by atoms with E-state index in [1.54, 1.807) is 6.07 Å². The number of aromatic nitrogens is 2. The van der Waals surface area contributed by atoms with Gasteiger partial charge in [-0.1, -0.05) is 34.1 Å². The summed E-state index contributed by atoms with van der Waals surface area (Å²) in [5, 5.41) is 2.84. The summed E-state index contributed by atoms with van der Waals surface area (Å²) in [6.45, 7) is 0. The lowest BCUT2D eigenvalue weighted by Crippen LogP contribution is -2.41. The van der Waals surface area contributed by atoms with Gasteiger partial charge < -0.3 is 10.3 Å². The van der Waals surface area contributed by atoms with Crippen LogP contribution >= 0.6 is 15.9 Å². The molecule has 2 heterocycles. The third kappa shape index (κ3) is 2.99. The number of anilines is 1. The number of H-pyrrole nitrogens is 1. The quantitative estimate of drug-likeness (QED) is 0.647. The number of benzene rings is 2. The smallest absolute Gasteiger partial charge is 0.317 e. The molecule has 0 saturated carbocycles. The highest BCUT2D eigenvalue weighted by molar-refractivity contribution is 9.10. The molecule has 0 aliphatic carbocycles. The molecule has 0 radical (unpaired) electrons. The summed E-state index contributed by atoms with van der Waals surface area (Å²) in [4.78, 5) is 39.7. The molecular formula is C19H16BrN3O3. The summed E-state index contributed by atoms with van der Waals surface area (Å²) in [6, 6.07) is 12.6. The molecule has 0 unspecified atom stereocenters. The number of aromatic amines is 1. The topological polar surface area (TPSA) is 84.0 Å². The predicted molar refractivity (Wildman–Crippen MR) is 104 cm³/mol. The average molecular weight is 414 g/mol. The van der Waals surface area contributed by atoms with E-state index in [0.29, 0.717) is 23.1 Å². The summed E-state index contributed by atoms with van der Waals surface area (Å²) in [5.41, 5.74) is 1.73. The number of hydrogen-bond acceptors (Lipinski definition) is 3. The Hall–Kier alpha value is -2.67. The highest BCUT2D eigenvalue weighted by Crippen LogP contribution is 2.32. The molecule has 0 saturated heterocycles. The average Bonchev–Trinajstić information content (AvgIpc) is 2.61. The van der Waals surface area contributed by atoms with Crippen LogP contribution in [-0.4, -0.2) is 15.5 Å². The lowest BCUT2D eigenvalue weighted by atomic mass is 9.96. The Kier molecular flexibility index (Phi) is 4.24. The zero-order valence-electron chi connectivity index (χ0n) is 13.8. The molecule has 0 spiro atoms. The molecule has 1 amide bonds. The second kappa shape index (κ2) is 6.57. The summed E-state index contributed by atoms with van der Waals surface area (Å²) < 4.78 is 2.34. The maximum Gasteiger partial charge on any atom is 0.317 e. The Balaban J connectivity index is 1.73. The van der Waals surface area contributed by atoms with Crippen LogP contribution in [0.2, 0.25) is 0 Å². The molecule has 7 heteroatoms. The molecule has 1 aromatic heterocycles. The maximum atomic E-state index is 12.5. The van der Waals surface area contributed by atoms with E-state index in [0.717, 1.165) is 16.5 Å². The van der Waals surface area contributed by atoms with Crippen molar-refractivity contribution in [3.63, 3.8) is 0 Å². The van der Waals surface area contributed by atoms with Gasteiger partial charge in [-0.2, -0.15) is 0 Å². The molecule has 0 bridgehead atoms. The third-order valence-corrected chi connectivity index (χ3v) is 5.10. The zero-order chi connectivity index (χ0) is 18.3. The monoisotopic (exact) mass is 413 g/mol. The Labute approximate surface area is 157 Å². The van der Waals surface area contributed by atoms with Crippen LogP contribution in [0, 0.1) is 0 Å². The van der Waals surface area contributed by atoms with E-state index in [1.807, 2.05) is 36.4 Å². The van der Waals surface area contributed by atoms with Crippen LogP contribution in [0.1, 0.15) is 24.4 Å². The van der Waals surface area contributed by atoms with E-state index in [1.165, 1.54) is 4.57 Å². The number of carbonyl (C=O) groups excluding carboxylic acids is 1. The van der Waals surface area contributed by atoms with Crippen LogP contribution in [0.4, 0.5) is 5.69 Å². The molecule has 2 N–H and O–H groups in total. The molecule has 1 aliphatic heterocycles. The standard InChI is InChI=1S/C19H16BrN3O3/c20-12-8-11-6-7-14(10-16(24)21-13-4-2-1-3-5-13)23-17(11)15(9-12)22-18(25)19(23)26/h1-5,8-9,14H,6-7,10H2,(H,21,24)(H,22,25)/t14-/m1/s1. The predicted octanol–water partition coefficient (Wildman–Crippen LogP) is 2.97. The van der Waals surface area contributed by atoms with E-state index >= 15 is 0 Å². The van der Waals surface area contributed by atoms with Gasteiger partial charge in [-0.15, -0.1) is 0 Å². The second-order valence-electron chi connectivity index (χ2n) is 6.40. The first-order chi connectivity index (χ1) is 12.5. The first kappa shape index (κ1) is 16.8. The second-order valence-corrected chi connectivity index (χ2v) is 7.32. The fraction of sp³-hybridized carbons (Fsp3) is 0.211. The fourth-order valence-corrected chi connectivity index (χ4v) is 4.06. The summed E-state index contributed by atoms with van der Waals surface area (Å²) >= 11 is 3.43. The van der Waals surface area contributed by atoms with Gasteiger partial charge in [0.05, 0.1) is 11.0 Å². The number of nitrogens with one attached hydrogen (secondary N) is 2. The molecule has 1 aliphatic rings. The van der Waals surface area contributed by atoms with Crippen LogP contribution in [0.25, 0.3) is 11.0 Å². The fourth-order valence-electron chi connectivity index (χ4n) is 3.55. The molecule has 4 rings (SSSR count). The van der Waals surface area contributed by atoms with Gasteiger partial charge in [-0.25, -0.2) is 0 Å². The number of para-hydroxylation sites is 1. The largest absolute Gasteiger partial charge is 0.326 e. The third-order valence-electron chi connectivity index (χ3n) is 4.65. The van der Waals surface area contributed by atoms with E-state index in [-0.39, 0.29) is 18.4 Å². The van der Waals surface area contributed by atoms with Gasteiger partial charge in [-0.05, 0) is 42.7 Å². The number of hydrogen-bond donors (Lipinski definition) is 2. The number of rotatable bonds is 3. The van der Waals surface area contributed by atoms with Crippen molar-refractivity contribution in [3.05, 3.63) is 73.2 Å². The van der Waals surface area contributed by atoms with Crippen LogP contribution in [0.3, 0.4) is 0 Å². The van der Waals surface area contributed by atoms with E-state index in [9.17, 15) is 14.4 Å². The van der Waals surface area contributed by atoms with Crippen LogP contribution in [0.5, 0.6) is 0 Å². The highest BCUT2D eigenvalue weighted by atomic mass is 79.9. The number of carbonyl (C=O) groups is 1. The van der Waals surface area contributed by atoms with Crippen molar-refractivity contribution in [1.82, 2.24) is 9.55 Å². The summed E-state index contributed by atoms with van der Waals surface area (Å²) in [5.74, 6) is -0.179. The van der Waals surface area contributed by atoms with Gasteiger partial charge in [-0.3, -0.25) is 19.0 Å². The molecule has 26 heavy (non-hydrogen) atoms. The highest BCUT2D eigenvalue weighted by Gasteiger charge is 2.26. The molecule has 2 aromatic carbocycles. The van der Waals surface area contributed by atoms with E-state index in [4.69, 9.17) is 0 Å². The Morgan fingerprint density at radius 3 is 2.77 bits per heavy atom. The van der Waals surface area contributed by atoms with E-state index < -0.39 is 11.1 Å². The minimum atomic E-state index is -0.670. The van der Waals surface area contributed by atoms with Gasteiger partial charge in [0.2, 0.25) is 5.91 Å². The number of halogens is 1. The molecule has 6 nitrogen and oxygen atoms in total. The van der Waals surface area contributed by atoms with Crippen LogP contribution in [0.15, 0.2) is 56.5 Å². The first-order valence-corrected chi connectivity index (χ1v) is 9.14. The zero-order valence-corrected chi connectivity index (χ0v) is 15.4. The molecule has 0 fully saturated rings. The Morgan fingerprint density at radius 1 is 1.23 bits per heavy atom. The normalized spacial score (nSPS) is 15.8. The van der Waals surface area contributed by atoms with Crippen molar-refractivity contribution < 1.29 is 4.79 Å². The van der Waals surface area contributed by atoms with Gasteiger partial charge in [0.1, 0.15) is 0 Å². The van der Waals surface area contributed by atoms with Gasteiger partial charge in [0, 0.05) is 22.6 Å². The lowest BCUT2D eigenvalue weighted by Gasteiger charge is -2.27. The summed E-state index contributed by atoms with van der Waals surface area (Å²) in [6.07, 6.45) is 1.51. The lowest BCUT2D eigenvalue weighted by molar-refractivity contribution is -0.117. The number of amides is 1. The minimum Gasteiger partial charge on any atom is -0.326 e. The van der Waals surface area contributed by atoms with Crippen molar-refractivity contribution in [1.29, 1.82) is 0 Å². The first-order valence-electron chi connectivity index (χ1n) is 8.35. The minimum absolute atomic E-state index is 0.142. The molecule has 1 atom stereocenters. The van der Waals surface area contributed by atoms with Crippen molar-refractivity contribution in [2.24, 2.45) is 0 Å². The Bertz CT molecular complexity index is 1120. The van der Waals surface area contributed by atoms with Gasteiger partial charge in [0.25, 0.3) is 0 Å². The Morgan fingerprint density at radius 2 is 2.00 bits per heavy atom. The molecular weight excluding hydrogens is 398 g/mol. The number of aryl methyl sites for hydroxylation is 1. The van der Waals surface area contributed by atoms with Crippen molar-refractivity contribution in [3.8, 4) is 0 Å². The van der Waals surface area contributed by atoms with Crippen molar-refractivity contribution in [2.45, 2.75) is 25.3 Å². The van der Waals surface area contributed by atoms with Crippen LogP contribution < -0.4 is 16.4 Å². The van der Waals surface area contributed by atoms with Crippen molar-refractivity contribution in [2.75, 3.05) is 5.32 Å². The summed E-state index contributed by atoms with van der Waals surface area (Å²) in [7, 11) is 0.